The summed E-state index contributed by atoms with van der Waals surface area (Å²) in [5.74, 6) is 0. The monoisotopic (exact) mass is 938 g/mol. The van der Waals surface area contributed by atoms with Gasteiger partial charge in [0.15, 0.2) is 0 Å². The molecule has 0 bridgehead atoms. The molecule has 2 nitrogen and oxygen atoms in total. The van der Waals surface area contributed by atoms with Gasteiger partial charge in [0.1, 0.15) is 0 Å². The maximum atomic E-state index is 2.65. The second kappa shape index (κ2) is 15.5. The highest BCUT2D eigenvalue weighted by Gasteiger charge is 2.57. The molecular formula is C72H46N2. The third-order valence-corrected chi connectivity index (χ3v) is 16.8. The average Bonchev–Trinajstić information content (AvgIpc) is 4.16. The van der Waals surface area contributed by atoms with E-state index in [4.69, 9.17) is 0 Å². The van der Waals surface area contributed by atoms with Crippen molar-refractivity contribution >= 4 is 44.9 Å². The zero-order valence-corrected chi connectivity index (χ0v) is 40.5. The van der Waals surface area contributed by atoms with Crippen LogP contribution < -0.4 is 9.80 Å². The van der Waals surface area contributed by atoms with Crippen molar-refractivity contribution < 1.29 is 0 Å². The zero-order chi connectivity index (χ0) is 48.5. The molecule has 12 aromatic rings. The molecule has 1 atom stereocenters. The Hall–Kier alpha value is -9.50. The van der Waals surface area contributed by atoms with E-state index in [9.17, 15) is 0 Å². The maximum Gasteiger partial charge on any atom is 0.0747 e. The predicted octanol–water partition coefficient (Wildman–Crippen LogP) is 18.5. The fourth-order valence-electron chi connectivity index (χ4n) is 14.3. The summed E-state index contributed by atoms with van der Waals surface area (Å²) in [6, 6.07) is 105. The largest absolute Gasteiger partial charge is 0.310 e. The predicted molar refractivity (Wildman–Crippen MR) is 306 cm³/mol. The number of rotatable bonds is 6. The van der Waals surface area contributed by atoms with Gasteiger partial charge in [-0.15, -0.1) is 0 Å². The molecule has 0 saturated carbocycles. The van der Waals surface area contributed by atoms with Crippen molar-refractivity contribution in [1.29, 1.82) is 0 Å². The van der Waals surface area contributed by atoms with Crippen LogP contribution in [0.3, 0.4) is 0 Å². The van der Waals surface area contributed by atoms with Crippen LogP contribution in [0, 0.1) is 0 Å². The molecule has 0 N–H and O–H groups in total. The van der Waals surface area contributed by atoms with Gasteiger partial charge >= 0.3 is 0 Å². The van der Waals surface area contributed by atoms with Gasteiger partial charge in [-0.05, 0) is 138 Å². The van der Waals surface area contributed by atoms with Crippen LogP contribution in [0.15, 0.2) is 279 Å². The van der Waals surface area contributed by atoms with Crippen molar-refractivity contribution in [2.75, 3.05) is 9.80 Å². The van der Waals surface area contributed by atoms with E-state index in [0.717, 1.165) is 28.4 Å². The molecule has 0 fully saturated rings. The highest BCUT2D eigenvalue weighted by molar-refractivity contribution is 6.12. The Morgan fingerprint density at radius 1 is 0.230 bits per heavy atom. The average molecular weight is 939 g/mol. The van der Waals surface area contributed by atoms with Gasteiger partial charge in [-0.2, -0.15) is 0 Å². The zero-order valence-electron chi connectivity index (χ0n) is 40.5. The topological polar surface area (TPSA) is 6.48 Å². The maximum absolute atomic E-state index is 2.65. The van der Waals surface area contributed by atoms with E-state index in [1.54, 1.807) is 0 Å². The fraction of sp³-hybridized carbons (Fsp3) is 0.0278. The Labute approximate surface area is 431 Å². The standard InChI is InChI=1S/C72H46N2/c1-4-25-48(26-5-1)73(49-27-6-2-7-28-49)64-44-23-43-63-68(64)57-36-16-21-42-62(57)72(63)61-41-20-15-35-56(61)67-51-31-11-10-24-47(51)46-66(70(67)72)74(50-29-8-3-9-30-50)65-45-22-37-55-54-34-14-19-40-60(54)71(69(55)65)58-38-17-12-32-52(58)53-33-13-18-39-59(53)71/h1-46H. The number of anilines is 6. The quantitative estimate of drug-likeness (QED) is 0.164. The first-order valence-electron chi connectivity index (χ1n) is 25.9. The van der Waals surface area contributed by atoms with E-state index in [1.165, 1.54) is 105 Å². The van der Waals surface area contributed by atoms with Crippen molar-refractivity contribution in [2.24, 2.45) is 0 Å². The molecule has 4 aliphatic carbocycles. The fourth-order valence-corrected chi connectivity index (χ4v) is 14.3. The van der Waals surface area contributed by atoms with Gasteiger partial charge in [-0.3, -0.25) is 0 Å². The molecule has 0 amide bonds. The van der Waals surface area contributed by atoms with Crippen molar-refractivity contribution in [3.63, 3.8) is 0 Å². The summed E-state index contributed by atoms with van der Waals surface area (Å²) >= 11 is 0. The van der Waals surface area contributed by atoms with Crippen LogP contribution in [0.5, 0.6) is 0 Å². The number of para-hydroxylation sites is 3. The minimum Gasteiger partial charge on any atom is -0.310 e. The van der Waals surface area contributed by atoms with E-state index in [0.29, 0.717) is 0 Å². The lowest BCUT2D eigenvalue weighted by atomic mass is 9.69. The van der Waals surface area contributed by atoms with Gasteiger partial charge in [-0.25, -0.2) is 0 Å². The molecule has 1 unspecified atom stereocenters. The molecule has 0 radical (unpaired) electrons. The molecule has 2 spiro atoms. The van der Waals surface area contributed by atoms with E-state index in [-0.39, 0.29) is 0 Å². The normalized spacial score (nSPS) is 15.2. The first-order chi connectivity index (χ1) is 36.8. The lowest BCUT2D eigenvalue weighted by molar-refractivity contribution is 0.786. The summed E-state index contributed by atoms with van der Waals surface area (Å²) in [5, 5.41) is 2.46. The summed E-state index contributed by atoms with van der Waals surface area (Å²) in [6.45, 7) is 0. The van der Waals surface area contributed by atoms with E-state index in [1.807, 2.05) is 0 Å². The molecule has 0 aliphatic heterocycles. The van der Waals surface area contributed by atoms with Gasteiger partial charge in [-0.1, -0.05) is 224 Å². The highest BCUT2D eigenvalue weighted by atomic mass is 15.2. The third-order valence-electron chi connectivity index (χ3n) is 16.8. The summed E-state index contributed by atoms with van der Waals surface area (Å²) < 4.78 is 0. The minimum atomic E-state index is -0.718. The summed E-state index contributed by atoms with van der Waals surface area (Å²) in [5.41, 5.74) is 26.2. The third kappa shape index (κ3) is 5.23. The molecule has 12 aromatic carbocycles. The smallest absolute Gasteiger partial charge is 0.0747 e. The molecule has 4 aliphatic rings. The van der Waals surface area contributed by atoms with E-state index >= 15 is 0 Å². The van der Waals surface area contributed by atoms with Crippen LogP contribution >= 0.6 is 0 Å². The lowest BCUT2D eigenvalue weighted by Gasteiger charge is -2.39. The second-order valence-corrected chi connectivity index (χ2v) is 20.2. The van der Waals surface area contributed by atoms with Crippen LogP contribution in [0.2, 0.25) is 0 Å². The molecule has 344 valence electrons. The summed E-state index contributed by atoms with van der Waals surface area (Å²) in [4.78, 5) is 5.11. The molecule has 74 heavy (non-hydrogen) atoms. The molecular weight excluding hydrogens is 893 g/mol. The Morgan fingerprint density at radius 2 is 0.608 bits per heavy atom. The van der Waals surface area contributed by atoms with Crippen LogP contribution in [0.25, 0.3) is 55.3 Å². The summed E-state index contributed by atoms with van der Waals surface area (Å²) in [6.07, 6.45) is 0. The number of fused-ring (bicyclic) bond motifs is 22. The number of hydrogen-bond acceptors (Lipinski definition) is 2. The van der Waals surface area contributed by atoms with Crippen molar-refractivity contribution in [1.82, 2.24) is 0 Å². The SMILES string of the molecule is c1ccc(N(c2ccccc2)c2cccc3c2-c2ccccc2C32c3ccccc3-c3c2c(N(c2ccccc2)c2cccc4c2C2(c5ccccc5-c5ccccc52)c2ccccc2-4)cc2ccccc32)cc1. The first-order valence-corrected chi connectivity index (χ1v) is 25.9. The first kappa shape index (κ1) is 41.2. The number of nitrogens with zero attached hydrogens (tertiary/aromatic N) is 2. The van der Waals surface area contributed by atoms with Gasteiger partial charge in [0.2, 0.25) is 0 Å². The van der Waals surface area contributed by atoms with Crippen LogP contribution in [0.4, 0.5) is 34.1 Å². The van der Waals surface area contributed by atoms with Gasteiger partial charge in [0.05, 0.1) is 27.9 Å². The van der Waals surface area contributed by atoms with Gasteiger partial charge < -0.3 is 9.80 Å². The second-order valence-electron chi connectivity index (χ2n) is 20.2. The van der Waals surface area contributed by atoms with Gasteiger partial charge in [0.25, 0.3) is 0 Å². The number of hydrogen-bond donors (Lipinski definition) is 0. The van der Waals surface area contributed by atoms with Gasteiger partial charge in [0, 0.05) is 33.8 Å². The molecule has 0 heterocycles. The van der Waals surface area contributed by atoms with Crippen molar-refractivity contribution in [3.8, 4) is 44.5 Å². The Kier molecular flexibility index (Phi) is 8.62. The Balaban J connectivity index is 1.06. The number of benzene rings is 12. The minimum absolute atomic E-state index is 0.580. The van der Waals surface area contributed by atoms with Crippen LogP contribution in [0.1, 0.15) is 44.5 Å². The lowest BCUT2D eigenvalue weighted by Crippen LogP contribution is -2.30. The molecule has 0 aromatic heterocycles. The molecule has 0 saturated heterocycles. The van der Waals surface area contributed by atoms with Crippen LogP contribution in [-0.2, 0) is 10.8 Å². The van der Waals surface area contributed by atoms with E-state index in [2.05, 4.69) is 289 Å². The Morgan fingerprint density at radius 3 is 1.18 bits per heavy atom. The summed E-state index contributed by atoms with van der Waals surface area (Å²) in [7, 11) is 0. The Bertz CT molecular complexity index is 4170. The van der Waals surface area contributed by atoms with Crippen molar-refractivity contribution in [3.05, 3.63) is 324 Å². The molecule has 2 heteroatoms. The highest BCUT2D eigenvalue weighted by Crippen LogP contribution is 2.70. The molecule has 16 rings (SSSR count). The van der Waals surface area contributed by atoms with Crippen LogP contribution in [-0.4, -0.2) is 0 Å². The van der Waals surface area contributed by atoms with E-state index < -0.39 is 10.8 Å². The van der Waals surface area contributed by atoms with Crippen molar-refractivity contribution in [2.45, 2.75) is 10.8 Å².